The normalized spacial score (nSPS) is 18.9. The van der Waals surface area contributed by atoms with Gasteiger partial charge in [-0.1, -0.05) is 29.8 Å². The summed E-state index contributed by atoms with van der Waals surface area (Å²) in [6, 6.07) is 11.6. The highest BCUT2D eigenvalue weighted by atomic mass is 35.5. The molecule has 0 spiro atoms. The molecule has 0 radical (unpaired) electrons. The summed E-state index contributed by atoms with van der Waals surface area (Å²) in [6.45, 7) is 8.16. The van der Waals surface area contributed by atoms with Crippen LogP contribution in [0.15, 0.2) is 48.5 Å². The van der Waals surface area contributed by atoms with Crippen molar-refractivity contribution in [2.45, 2.75) is 26.4 Å². The SMILES string of the molecule is CC(=O)N1CCN(C(=O)c2cc(Cl)ccc2C=CC(=O)N2CCN(Cc3ccc(F)cc3)C[C@H]2C)CC1. The topological polar surface area (TPSA) is 64.2 Å². The van der Waals surface area contributed by atoms with Crippen molar-refractivity contribution in [3.8, 4) is 0 Å². The van der Waals surface area contributed by atoms with Crippen LogP contribution in [0.3, 0.4) is 0 Å². The summed E-state index contributed by atoms with van der Waals surface area (Å²) in [4.78, 5) is 45.4. The highest BCUT2D eigenvalue weighted by Crippen LogP contribution is 2.21. The molecule has 0 N–H and O–H groups in total. The summed E-state index contributed by atoms with van der Waals surface area (Å²) in [7, 11) is 0. The Morgan fingerprint density at radius 2 is 1.65 bits per heavy atom. The minimum Gasteiger partial charge on any atom is -0.339 e. The molecule has 4 rings (SSSR count). The first-order chi connectivity index (χ1) is 17.7. The van der Waals surface area contributed by atoms with Crippen molar-refractivity contribution in [1.29, 1.82) is 0 Å². The second-order valence-electron chi connectivity index (χ2n) is 9.61. The number of carbonyl (C=O) groups is 3. The number of benzene rings is 2. The van der Waals surface area contributed by atoms with E-state index in [2.05, 4.69) is 4.90 Å². The molecule has 2 saturated heterocycles. The number of piperazine rings is 2. The number of rotatable bonds is 5. The smallest absolute Gasteiger partial charge is 0.254 e. The van der Waals surface area contributed by atoms with Crippen molar-refractivity contribution in [2.24, 2.45) is 0 Å². The van der Waals surface area contributed by atoms with Gasteiger partial charge in [-0.2, -0.15) is 0 Å². The molecule has 9 heteroatoms. The summed E-state index contributed by atoms with van der Waals surface area (Å²) in [5, 5.41) is 0.445. The van der Waals surface area contributed by atoms with Gasteiger partial charge in [0, 0.05) is 82.0 Å². The lowest BCUT2D eigenvalue weighted by Gasteiger charge is -2.39. The fraction of sp³-hybridized carbons (Fsp3) is 0.393. The van der Waals surface area contributed by atoms with Gasteiger partial charge in [0.15, 0.2) is 0 Å². The van der Waals surface area contributed by atoms with Gasteiger partial charge in [-0.3, -0.25) is 19.3 Å². The first-order valence-electron chi connectivity index (χ1n) is 12.5. The van der Waals surface area contributed by atoms with Gasteiger partial charge in [-0.15, -0.1) is 0 Å². The third-order valence-electron chi connectivity index (χ3n) is 6.98. The van der Waals surface area contributed by atoms with Crippen molar-refractivity contribution in [3.63, 3.8) is 0 Å². The van der Waals surface area contributed by atoms with E-state index in [0.29, 0.717) is 62.0 Å². The minimum atomic E-state index is -0.250. The summed E-state index contributed by atoms with van der Waals surface area (Å²) < 4.78 is 13.2. The van der Waals surface area contributed by atoms with Crippen LogP contribution < -0.4 is 0 Å². The average molecular weight is 527 g/mol. The van der Waals surface area contributed by atoms with E-state index < -0.39 is 0 Å². The molecular weight excluding hydrogens is 495 g/mol. The molecule has 196 valence electrons. The van der Waals surface area contributed by atoms with Crippen molar-refractivity contribution in [2.75, 3.05) is 45.8 Å². The Hall–Kier alpha value is -3.23. The van der Waals surface area contributed by atoms with Crippen LogP contribution >= 0.6 is 11.6 Å². The number of amides is 3. The quantitative estimate of drug-likeness (QED) is 0.559. The zero-order valence-electron chi connectivity index (χ0n) is 21.2. The van der Waals surface area contributed by atoms with Gasteiger partial charge < -0.3 is 14.7 Å². The Morgan fingerprint density at radius 3 is 2.30 bits per heavy atom. The van der Waals surface area contributed by atoms with Crippen LogP contribution in [0.5, 0.6) is 0 Å². The zero-order valence-corrected chi connectivity index (χ0v) is 22.0. The number of hydrogen-bond donors (Lipinski definition) is 0. The molecule has 2 aromatic carbocycles. The molecule has 0 saturated carbocycles. The van der Waals surface area contributed by atoms with E-state index >= 15 is 0 Å². The van der Waals surface area contributed by atoms with Gasteiger partial charge in [0.05, 0.1) is 0 Å². The van der Waals surface area contributed by atoms with E-state index in [-0.39, 0.29) is 29.6 Å². The Labute approximate surface area is 222 Å². The maximum absolute atomic E-state index is 13.3. The maximum atomic E-state index is 13.3. The van der Waals surface area contributed by atoms with Gasteiger partial charge in [-0.05, 0) is 48.4 Å². The van der Waals surface area contributed by atoms with Crippen molar-refractivity contribution in [1.82, 2.24) is 19.6 Å². The standard InChI is InChI=1S/C28H32ClFN4O3/c1-20-18-31(19-22-3-8-25(30)9-4-22)11-16-34(20)27(36)10-6-23-5-7-24(29)17-26(23)28(37)33-14-12-32(13-15-33)21(2)35/h3-10,17,20H,11-16,18-19H2,1-2H3/t20-/m1/s1. The Balaban J connectivity index is 1.39. The highest BCUT2D eigenvalue weighted by Gasteiger charge is 2.27. The molecule has 0 unspecified atom stereocenters. The first-order valence-corrected chi connectivity index (χ1v) is 12.9. The fourth-order valence-corrected chi connectivity index (χ4v) is 5.03. The van der Waals surface area contributed by atoms with Crippen LogP contribution in [0.4, 0.5) is 4.39 Å². The van der Waals surface area contributed by atoms with Crippen LogP contribution in [0.25, 0.3) is 6.08 Å². The molecular formula is C28H32ClFN4O3. The van der Waals surface area contributed by atoms with E-state index in [9.17, 15) is 18.8 Å². The molecule has 1 atom stereocenters. The van der Waals surface area contributed by atoms with Crippen molar-refractivity contribution >= 4 is 35.4 Å². The van der Waals surface area contributed by atoms with E-state index in [1.54, 1.807) is 46.2 Å². The molecule has 0 bridgehead atoms. The predicted octanol–water partition coefficient (Wildman–Crippen LogP) is 3.53. The van der Waals surface area contributed by atoms with E-state index in [1.807, 2.05) is 11.8 Å². The average Bonchev–Trinajstić information content (AvgIpc) is 2.89. The lowest BCUT2D eigenvalue weighted by molar-refractivity contribution is -0.131. The largest absolute Gasteiger partial charge is 0.339 e. The molecule has 2 heterocycles. The molecule has 2 aliphatic heterocycles. The molecule has 37 heavy (non-hydrogen) atoms. The Kier molecular flexibility index (Phi) is 8.61. The van der Waals surface area contributed by atoms with Gasteiger partial charge in [0.1, 0.15) is 5.82 Å². The molecule has 2 aliphatic rings. The third kappa shape index (κ3) is 6.76. The molecule has 0 aliphatic carbocycles. The van der Waals surface area contributed by atoms with Crippen molar-refractivity contribution in [3.05, 3.63) is 76.1 Å². The number of carbonyl (C=O) groups excluding carboxylic acids is 3. The molecule has 2 aromatic rings. The van der Waals surface area contributed by atoms with Crippen LogP contribution in [-0.4, -0.2) is 89.2 Å². The Morgan fingerprint density at radius 1 is 0.973 bits per heavy atom. The lowest BCUT2D eigenvalue weighted by Crippen LogP contribution is -2.53. The van der Waals surface area contributed by atoms with Crippen LogP contribution in [0.1, 0.15) is 35.3 Å². The zero-order chi connectivity index (χ0) is 26.5. The molecule has 3 amide bonds. The predicted molar refractivity (Wildman–Crippen MR) is 141 cm³/mol. The van der Waals surface area contributed by atoms with E-state index in [1.165, 1.54) is 25.1 Å². The number of halogens is 2. The van der Waals surface area contributed by atoms with Gasteiger partial charge in [-0.25, -0.2) is 4.39 Å². The van der Waals surface area contributed by atoms with Crippen LogP contribution in [-0.2, 0) is 16.1 Å². The van der Waals surface area contributed by atoms with E-state index in [0.717, 1.165) is 12.1 Å². The van der Waals surface area contributed by atoms with Crippen LogP contribution in [0.2, 0.25) is 5.02 Å². The van der Waals surface area contributed by atoms with Gasteiger partial charge in [0.25, 0.3) is 5.91 Å². The number of nitrogens with zero attached hydrogens (tertiary/aromatic N) is 4. The highest BCUT2D eigenvalue weighted by molar-refractivity contribution is 6.31. The lowest BCUT2D eigenvalue weighted by atomic mass is 10.0. The monoisotopic (exact) mass is 526 g/mol. The molecule has 7 nitrogen and oxygen atoms in total. The fourth-order valence-electron chi connectivity index (χ4n) is 4.86. The minimum absolute atomic E-state index is 0.00232. The summed E-state index contributed by atoms with van der Waals surface area (Å²) in [5.74, 6) is -0.527. The third-order valence-corrected chi connectivity index (χ3v) is 7.21. The molecule has 0 aromatic heterocycles. The Bertz CT molecular complexity index is 1180. The second kappa shape index (κ2) is 11.9. The van der Waals surface area contributed by atoms with Crippen LogP contribution in [0, 0.1) is 5.82 Å². The summed E-state index contributed by atoms with van der Waals surface area (Å²) >= 11 is 6.20. The second-order valence-corrected chi connectivity index (χ2v) is 10.0. The first kappa shape index (κ1) is 26.8. The van der Waals surface area contributed by atoms with Crippen molar-refractivity contribution < 1.29 is 18.8 Å². The van der Waals surface area contributed by atoms with Gasteiger partial charge in [0.2, 0.25) is 11.8 Å². The number of hydrogen-bond acceptors (Lipinski definition) is 4. The summed E-state index contributed by atoms with van der Waals surface area (Å²) in [6.07, 6.45) is 3.19. The molecule has 2 fully saturated rings. The van der Waals surface area contributed by atoms with Gasteiger partial charge >= 0.3 is 0 Å². The summed E-state index contributed by atoms with van der Waals surface area (Å²) in [5.41, 5.74) is 2.10. The van der Waals surface area contributed by atoms with E-state index in [4.69, 9.17) is 11.6 Å². The maximum Gasteiger partial charge on any atom is 0.254 e.